The first kappa shape index (κ1) is 22.6. The third kappa shape index (κ3) is 6.42. The molecule has 0 unspecified atom stereocenters. The fourth-order valence-corrected chi connectivity index (χ4v) is 3.10. The van der Waals surface area contributed by atoms with Gasteiger partial charge in [0.25, 0.3) is 0 Å². The molecular formula is C20H31IN4O3. The maximum Gasteiger partial charge on any atom is 0.409 e. The van der Waals surface area contributed by atoms with Gasteiger partial charge >= 0.3 is 6.09 Å². The summed E-state index contributed by atoms with van der Waals surface area (Å²) in [4.78, 5) is 20.1. The lowest BCUT2D eigenvalue weighted by atomic mass is 10.2. The summed E-state index contributed by atoms with van der Waals surface area (Å²) in [5.74, 6) is 2.52. The molecule has 1 aromatic rings. The van der Waals surface area contributed by atoms with E-state index in [4.69, 9.17) is 9.47 Å². The van der Waals surface area contributed by atoms with Crippen molar-refractivity contribution in [3.8, 4) is 5.75 Å². The third-order valence-corrected chi connectivity index (χ3v) is 4.90. The van der Waals surface area contributed by atoms with Crippen LogP contribution >= 0.6 is 24.0 Å². The first-order chi connectivity index (χ1) is 13.2. The Balaban J connectivity index is 0.00000280. The normalized spacial score (nSPS) is 17.0. The quantitative estimate of drug-likeness (QED) is 0.368. The number of ether oxygens (including phenoxy) is 2. The zero-order valence-electron chi connectivity index (χ0n) is 16.7. The summed E-state index contributed by atoms with van der Waals surface area (Å²) in [6.45, 7) is 6.45. The van der Waals surface area contributed by atoms with E-state index < -0.39 is 0 Å². The summed E-state index contributed by atoms with van der Waals surface area (Å²) in [6, 6.07) is 8.15. The van der Waals surface area contributed by atoms with Crippen LogP contribution in [0.25, 0.3) is 0 Å². The van der Waals surface area contributed by atoms with Crippen LogP contribution in [0, 0.1) is 5.92 Å². The highest BCUT2D eigenvalue weighted by Gasteiger charge is 2.24. The molecule has 1 N–H and O–H groups in total. The number of hydrogen-bond acceptors (Lipinski definition) is 4. The standard InChI is InChI=1S/C20H30N4O3.HI/c1-3-26-20(25)24-12-10-23(11-13-24)19(21-2)22-14-17-6-4-5-7-18(17)27-15-16-8-9-16;/h4-7,16H,3,8-15H2,1-2H3,(H,21,22);1H. The van der Waals surface area contributed by atoms with E-state index in [0.717, 1.165) is 42.9 Å². The maximum atomic E-state index is 11.8. The van der Waals surface area contributed by atoms with Gasteiger partial charge in [0, 0.05) is 45.3 Å². The summed E-state index contributed by atoms with van der Waals surface area (Å²) in [5.41, 5.74) is 1.13. The van der Waals surface area contributed by atoms with Gasteiger partial charge in [-0.15, -0.1) is 24.0 Å². The van der Waals surface area contributed by atoms with Crippen molar-refractivity contribution in [2.24, 2.45) is 10.9 Å². The zero-order chi connectivity index (χ0) is 19.1. The number of piperazine rings is 1. The molecule has 1 saturated heterocycles. The highest BCUT2D eigenvalue weighted by Crippen LogP contribution is 2.30. The number of benzene rings is 1. The van der Waals surface area contributed by atoms with E-state index in [-0.39, 0.29) is 30.1 Å². The van der Waals surface area contributed by atoms with Crippen LogP contribution in [-0.4, -0.2) is 68.3 Å². The van der Waals surface area contributed by atoms with Gasteiger partial charge in [-0.05, 0) is 31.7 Å². The number of hydrogen-bond donors (Lipinski definition) is 1. The first-order valence-corrected chi connectivity index (χ1v) is 9.79. The van der Waals surface area contributed by atoms with Gasteiger partial charge in [0.1, 0.15) is 5.75 Å². The van der Waals surface area contributed by atoms with Gasteiger partial charge in [-0.2, -0.15) is 0 Å². The van der Waals surface area contributed by atoms with Crippen molar-refractivity contribution in [3.63, 3.8) is 0 Å². The monoisotopic (exact) mass is 502 g/mol. The van der Waals surface area contributed by atoms with Crippen LogP contribution in [0.5, 0.6) is 5.75 Å². The molecule has 1 amide bonds. The SMILES string of the molecule is CCOC(=O)N1CCN(C(=NC)NCc2ccccc2OCC2CC2)CC1.I. The second-order valence-corrected chi connectivity index (χ2v) is 6.94. The smallest absolute Gasteiger partial charge is 0.409 e. The van der Waals surface area contributed by atoms with Gasteiger partial charge in [0.15, 0.2) is 5.96 Å². The molecule has 1 saturated carbocycles. The number of amides is 1. The largest absolute Gasteiger partial charge is 0.493 e. The van der Waals surface area contributed by atoms with Crippen molar-refractivity contribution in [2.45, 2.75) is 26.3 Å². The van der Waals surface area contributed by atoms with Gasteiger partial charge in [0.2, 0.25) is 0 Å². The summed E-state index contributed by atoms with van der Waals surface area (Å²) in [6.07, 6.45) is 2.33. The van der Waals surface area contributed by atoms with Crippen LogP contribution in [0.4, 0.5) is 4.79 Å². The van der Waals surface area contributed by atoms with Crippen molar-refractivity contribution >= 4 is 36.0 Å². The lowest BCUT2D eigenvalue weighted by molar-refractivity contribution is 0.0914. The van der Waals surface area contributed by atoms with Crippen molar-refractivity contribution in [3.05, 3.63) is 29.8 Å². The number of aliphatic imine (C=N–C) groups is 1. The molecule has 1 aliphatic heterocycles. The van der Waals surface area contributed by atoms with Crippen molar-refractivity contribution in [1.82, 2.24) is 15.1 Å². The molecule has 0 spiro atoms. The number of nitrogens with zero attached hydrogens (tertiary/aromatic N) is 3. The van der Waals surface area contributed by atoms with Crippen LogP contribution in [0.2, 0.25) is 0 Å². The average Bonchev–Trinajstić information content (AvgIpc) is 3.53. The molecule has 1 aliphatic carbocycles. The fourth-order valence-electron chi connectivity index (χ4n) is 3.10. The summed E-state index contributed by atoms with van der Waals surface area (Å²) < 4.78 is 11.1. The summed E-state index contributed by atoms with van der Waals surface area (Å²) >= 11 is 0. The molecule has 0 atom stereocenters. The van der Waals surface area contributed by atoms with E-state index in [1.807, 2.05) is 25.1 Å². The Morgan fingerprint density at radius 3 is 2.50 bits per heavy atom. The number of carbonyl (C=O) groups is 1. The van der Waals surface area contributed by atoms with E-state index >= 15 is 0 Å². The van der Waals surface area contributed by atoms with Crippen LogP contribution in [0.3, 0.4) is 0 Å². The van der Waals surface area contributed by atoms with E-state index in [2.05, 4.69) is 21.3 Å². The Kier molecular flexibility index (Phi) is 9.14. The Bertz CT molecular complexity index is 659. The molecule has 2 fully saturated rings. The predicted octanol–water partition coefficient (Wildman–Crippen LogP) is 2.94. The molecule has 156 valence electrons. The van der Waals surface area contributed by atoms with E-state index in [1.54, 1.807) is 11.9 Å². The molecule has 28 heavy (non-hydrogen) atoms. The highest BCUT2D eigenvalue weighted by molar-refractivity contribution is 14.0. The topological polar surface area (TPSA) is 66.4 Å². The second-order valence-electron chi connectivity index (χ2n) is 6.94. The molecule has 3 rings (SSSR count). The van der Waals surface area contributed by atoms with Gasteiger partial charge in [-0.25, -0.2) is 4.79 Å². The number of para-hydroxylation sites is 1. The molecular weight excluding hydrogens is 471 g/mol. The number of guanidine groups is 1. The minimum atomic E-state index is -0.234. The molecule has 1 heterocycles. The molecule has 0 radical (unpaired) electrons. The van der Waals surface area contributed by atoms with Crippen LogP contribution in [-0.2, 0) is 11.3 Å². The lowest BCUT2D eigenvalue weighted by Gasteiger charge is -2.35. The average molecular weight is 502 g/mol. The van der Waals surface area contributed by atoms with Crippen molar-refractivity contribution in [1.29, 1.82) is 0 Å². The molecule has 0 aromatic heterocycles. The lowest BCUT2D eigenvalue weighted by Crippen LogP contribution is -2.53. The van der Waals surface area contributed by atoms with E-state index in [0.29, 0.717) is 26.2 Å². The first-order valence-electron chi connectivity index (χ1n) is 9.79. The fraction of sp³-hybridized carbons (Fsp3) is 0.600. The van der Waals surface area contributed by atoms with Gasteiger partial charge in [0.05, 0.1) is 13.2 Å². The van der Waals surface area contributed by atoms with Gasteiger partial charge < -0.3 is 24.6 Å². The number of halogens is 1. The Morgan fingerprint density at radius 2 is 1.86 bits per heavy atom. The Hall–Kier alpha value is -1.71. The molecule has 0 bridgehead atoms. The molecule has 8 heteroatoms. The second kappa shape index (κ2) is 11.3. The highest BCUT2D eigenvalue weighted by atomic mass is 127. The molecule has 7 nitrogen and oxygen atoms in total. The van der Waals surface area contributed by atoms with Gasteiger partial charge in [-0.1, -0.05) is 18.2 Å². The predicted molar refractivity (Wildman–Crippen MR) is 120 cm³/mol. The minimum Gasteiger partial charge on any atom is -0.493 e. The Morgan fingerprint density at radius 1 is 1.18 bits per heavy atom. The molecule has 2 aliphatic rings. The summed E-state index contributed by atoms with van der Waals surface area (Å²) in [7, 11) is 1.79. The van der Waals surface area contributed by atoms with Crippen LogP contribution in [0.1, 0.15) is 25.3 Å². The minimum absolute atomic E-state index is 0. The van der Waals surface area contributed by atoms with Crippen LogP contribution < -0.4 is 10.1 Å². The van der Waals surface area contributed by atoms with Gasteiger partial charge in [-0.3, -0.25) is 4.99 Å². The number of rotatable bonds is 6. The van der Waals surface area contributed by atoms with Crippen molar-refractivity contribution < 1.29 is 14.3 Å². The zero-order valence-corrected chi connectivity index (χ0v) is 19.1. The Labute approximate surface area is 184 Å². The van der Waals surface area contributed by atoms with E-state index in [9.17, 15) is 4.79 Å². The number of carbonyl (C=O) groups excluding carboxylic acids is 1. The third-order valence-electron chi connectivity index (χ3n) is 4.90. The molecule has 1 aromatic carbocycles. The summed E-state index contributed by atoms with van der Waals surface area (Å²) in [5, 5.41) is 3.43. The maximum absolute atomic E-state index is 11.8. The van der Waals surface area contributed by atoms with E-state index in [1.165, 1.54) is 12.8 Å². The number of nitrogens with one attached hydrogen (secondary N) is 1. The van der Waals surface area contributed by atoms with Crippen molar-refractivity contribution in [2.75, 3.05) is 46.4 Å². The van der Waals surface area contributed by atoms with Crippen LogP contribution in [0.15, 0.2) is 29.3 Å².